The zero-order valence-corrected chi connectivity index (χ0v) is 18.4. The molecule has 8 nitrogen and oxygen atoms in total. The molecule has 3 aromatic rings. The number of ether oxygens (including phenoxy) is 1. The van der Waals surface area contributed by atoms with E-state index in [1.165, 1.54) is 16.8 Å². The van der Waals surface area contributed by atoms with Crippen LogP contribution >= 0.6 is 11.6 Å². The van der Waals surface area contributed by atoms with Crippen LogP contribution in [0.3, 0.4) is 0 Å². The first-order valence-corrected chi connectivity index (χ1v) is 10.8. The van der Waals surface area contributed by atoms with Crippen molar-refractivity contribution in [2.45, 2.75) is 12.6 Å². The number of rotatable bonds is 8. The maximum absolute atomic E-state index is 13.9. The Hall–Kier alpha value is -3.11. The van der Waals surface area contributed by atoms with Gasteiger partial charge in [-0.05, 0) is 6.07 Å². The van der Waals surface area contributed by atoms with Crippen molar-refractivity contribution in [1.29, 1.82) is 5.41 Å². The molecule has 33 heavy (non-hydrogen) atoms. The number of hydrogen-bond donors (Lipinski definition) is 4. The van der Waals surface area contributed by atoms with E-state index in [2.05, 4.69) is 10.3 Å². The summed E-state index contributed by atoms with van der Waals surface area (Å²) >= 11 is 6.35. The van der Waals surface area contributed by atoms with Crippen LogP contribution in [0.5, 0.6) is 0 Å². The maximum atomic E-state index is 13.9. The Balaban J connectivity index is 1.62. The highest BCUT2D eigenvalue weighted by Crippen LogP contribution is 2.24. The predicted molar refractivity (Wildman–Crippen MR) is 123 cm³/mol. The van der Waals surface area contributed by atoms with E-state index in [1.54, 1.807) is 41.8 Å². The van der Waals surface area contributed by atoms with E-state index in [0.29, 0.717) is 36.0 Å². The Labute approximate surface area is 194 Å². The normalized spacial score (nSPS) is 17.8. The lowest BCUT2D eigenvalue weighted by molar-refractivity contribution is -0.589. The van der Waals surface area contributed by atoms with Crippen molar-refractivity contribution >= 4 is 29.3 Å². The molecule has 3 heterocycles. The van der Waals surface area contributed by atoms with Crippen molar-refractivity contribution in [3.05, 3.63) is 81.1 Å². The average molecular weight is 473 g/mol. The van der Waals surface area contributed by atoms with Crippen LogP contribution in [0.2, 0.25) is 5.02 Å². The Morgan fingerprint density at radius 3 is 2.94 bits per heavy atom. The van der Waals surface area contributed by atoms with Crippen molar-refractivity contribution in [2.24, 2.45) is 5.92 Å². The molecule has 1 saturated heterocycles. The summed E-state index contributed by atoms with van der Waals surface area (Å²) in [6.07, 6.45) is 4.00. The van der Waals surface area contributed by atoms with Crippen LogP contribution < -0.4 is 16.2 Å². The summed E-state index contributed by atoms with van der Waals surface area (Å²) < 4.78 is 20.7. The lowest BCUT2D eigenvalue weighted by Crippen LogP contribution is -2.77. The first kappa shape index (κ1) is 23.1. The molecule has 0 bridgehead atoms. The van der Waals surface area contributed by atoms with Crippen LogP contribution in [0.4, 0.5) is 15.9 Å². The highest BCUT2D eigenvalue weighted by molar-refractivity contribution is 6.32. The van der Waals surface area contributed by atoms with E-state index in [0.717, 1.165) is 6.21 Å². The van der Waals surface area contributed by atoms with Gasteiger partial charge in [-0.2, -0.15) is 0 Å². The van der Waals surface area contributed by atoms with Crippen molar-refractivity contribution in [3.63, 3.8) is 0 Å². The first-order chi connectivity index (χ1) is 16.0. The minimum Gasteiger partial charge on any atom is -0.396 e. The summed E-state index contributed by atoms with van der Waals surface area (Å²) in [5.74, 6) is 0.113. The van der Waals surface area contributed by atoms with Crippen molar-refractivity contribution in [2.75, 3.05) is 25.1 Å². The molecule has 1 aliphatic heterocycles. The van der Waals surface area contributed by atoms with Crippen LogP contribution in [0.25, 0.3) is 5.69 Å². The number of nitrogens with two attached hydrogens (primary N) is 1. The summed E-state index contributed by atoms with van der Waals surface area (Å²) in [4.78, 5) is 17.4. The quantitative estimate of drug-likeness (QED) is 0.373. The lowest BCUT2D eigenvalue weighted by atomic mass is 10.1. The number of halogens is 2. The Morgan fingerprint density at radius 2 is 2.18 bits per heavy atom. The molecule has 0 amide bonds. The van der Waals surface area contributed by atoms with E-state index in [-0.39, 0.29) is 41.5 Å². The number of pyridine rings is 2. The summed E-state index contributed by atoms with van der Waals surface area (Å²) in [6.45, 7) is 1.18. The first-order valence-electron chi connectivity index (χ1n) is 10.5. The van der Waals surface area contributed by atoms with Gasteiger partial charge >= 0.3 is 0 Å². The second-order valence-corrected chi connectivity index (χ2v) is 8.16. The molecule has 1 aliphatic rings. The summed E-state index contributed by atoms with van der Waals surface area (Å²) in [5, 5.41) is 22.5. The van der Waals surface area contributed by atoms with Gasteiger partial charge in [0.2, 0.25) is 0 Å². The van der Waals surface area contributed by atoms with Gasteiger partial charge < -0.3 is 25.9 Å². The number of benzene rings is 1. The lowest BCUT2D eigenvalue weighted by Gasteiger charge is -2.18. The van der Waals surface area contributed by atoms with Crippen LogP contribution in [0.15, 0.2) is 53.6 Å². The van der Waals surface area contributed by atoms with E-state index in [4.69, 9.17) is 21.7 Å². The molecule has 1 aromatic carbocycles. The van der Waals surface area contributed by atoms with Gasteiger partial charge in [-0.25, -0.2) is 9.37 Å². The van der Waals surface area contributed by atoms with Gasteiger partial charge in [0.25, 0.3) is 5.56 Å². The molecule has 10 heteroatoms. The molecule has 4 rings (SSSR count). The second kappa shape index (κ2) is 10.2. The number of quaternary nitrogens is 1. The van der Waals surface area contributed by atoms with Gasteiger partial charge in [0.05, 0.1) is 42.8 Å². The zero-order chi connectivity index (χ0) is 23.4. The molecule has 5 N–H and O–H groups in total. The topological polar surface area (TPSA) is 117 Å². The monoisotopic (exact) mass is 472 g/mol. The molecular weight excluding hydrogens is 449 g/mol. The van der Waals surface area contributed by atoms with Gasteiger partial charge in [0.1, 0.15) is 29.4 Å². The Kier molecular flexibility index (Phi) is 7.14. The molecule has 0 spiro atoms. The molecule has 1 fully saturated rings. The van der Waals surface area contributed by atoms with Crippen LogP contribution in [0, 0.1) is 17.1 Å². The summed E-state index contributed by atoms with van der Waals surface area (Å²) in [6, 6.07) is 9.66. The third kappa shape index (κ3) is 4.96. The van der Waals surface area contributed by atoms with Crippen molar-refractivity contribution in [3.8, 4) is 5.69 Å². The average Bonchev–Trinajstić information content (AvgIpc) is 3.27. The standard InChI is InChI=1S/C23H23ClFN5O3/c24-17-10-28-22(29-20-13-33-12-15(20)11-31)7-21(17)30-6-5-19(16(8-26)23(30)32)27-9-14-3-1-2-4-18(14)25/h1-8,10,15,20,26-27,31H,9,11-13H2,(H,28,29)/p+1. The minimum atomic E-state index is -0.427. The minimum absolute atomic E-state index is 0.00882. The van der Waals surface area contributed by atoms with Gasteiger partial charge in [0, 0.05) is 36.0 Å². The fourth-order valence-corrected chi connectivity index (χ4v) is 3.98. The van der Waals surface area contributed by atoms with E-state index < -0.39 is 5.56 Å². The number of nitrogens with one attached hydrogen (secondary N) is 2. The molecule has 0 aliphatic carbocycles. The van der Waals surface area contributed by atoms with E-state index in [9.17, 15) is 14.3 Å². The fourth-order valence-electron chi connectivity index (χ4n) is 3.78. The largest absolute Gasteiger partial charge is 0.396 e. The molecule has 172 valence electrons. The number of aromatic nitrogens is 2. The third-order valence-corrected chi connectivity index (χ3v) is 5.96. The Morgan fingerprint density at radius 1 is 1.36 bits per heavy atom. The fraction of sp³-hybridized carbons (Fsp3) is 0.261. The van der Waals surface area contributed by atoms with Crippen molar-refractivity contribution < 1.29 is 19.6 Å². The van der Waals surface area contributed by atoms with Gasteiger partial charge in [-0.3, -0.25) is 9.36 Å². The molecule has 0 saturated carbocycles. The van der Waals surface area contributed by atoms with Crippen molar-refractivity contribution in [1.82, 2.24) is 9.55 Å². The van der Waals surface area contributed by atoms with Gasteiger partial charge in [-0.1, -0.05) is 29.8 Å². The number of nitrogens with zero attached hydrogens (tertiary/aromatic N) is 2. The number of hydrogen-bond acceptors (Lipinski definition) is 6. The third-order valence-electron chi connectivity index (χ3n) is 5.67. The molecule has 2 unspecified atom stereocenters. The van der Waals surface area contributed by atoms with Gasteiger partial charge in [-0.15, -0.1) is 0 Å². The SMILES string of the molecule is N=Cc1c([NH2+]Cc2ccccc2F)ccn(-c2cc(NC3COCC3CO)ncc2Cl)c1=O. The highest BCUT2D eigenvalue weighted by Gasteiger charge is 2.28. The van der Waals surface area contributed by atoms with Gasteiger partial charge in [0.15, 0.2) is 0 Å². The molecule has 2 aromatic heterocycles. The number of aliphatic hydroxyl groups is 1. The maximum Gasteiger partial charge on any atom is 0.270 e. The Bertz CT molecular complexity index is 1220. The number of aliphatic hydroxyl groups excluding tert-OH is 1. The highest BCUT2D eigenvalue weighted by atomic mass is 35.5. The molecule has 0 radical (unpaired) electrons. The summed E-state index contributed by atoms with van der Waals surface area (Å²) in [7, 11) is 0. The molecular formula is C23H24ClFN5O3+. The predicted octanol–water partition coefficient (Wildman–Crippen LogP) is 1.84. The van der Waals surface area contributed by atoms with Crippen LogP contribution in [-0.2, 0) is 11.3 Å². The zero-order valence-electron chi connectivity index (χ0n) is 17.7. The second-order valence-electron chi connectivity index (χ2n) is 7.76. The van der Waals surface area contributed by atoms with Crippen LogP contribution in [-0.4, -0.2) is 46.7 Å². The summed E-state index contributed by atoms with van der Waals surface area (Å²) in [5.41, 5.74) is 1.18. The number of anilines is 1. The van der Waals surface area contributed by atoms with Crippen LogP contribution in [0.1, 0.15) is 11.1 Å². The molecule has 2 atom stereocenters. The van der Waals surface area contributed by atoms with E-state index >= 15 is 0 Å². The van der Waals surface area contributed by atoms with E-state index in [1.807, 2.05) is 0 Å². The smallest absolute Gasteiger partial charge is 0.270 e.